The first-order valence-electron chi connectivity index (χ1n) is 9.55. The summed E-state index contributed by atoms with van der Waals surface area (Å²) < 4.78 is 2.01. The number of hydrogen-bond acceptors (Lipinski definition) is 4. The highest BCUT2D eigenvalue weighted by Gasteiger charge is 2.34. The summed E-state index contributed by atoms with van der Waals surface area (Å²) in [7, 11) is 0. The summed E-state index contributed by atoms with van der Waals surface area (Å²) in [4.78, 5) is 21.1. The van der Waals surface area contributed by atoms with Gasteiger partial charge in [0.1, 0.15) is 5.82 Å². The molecule has 1 amide bonds. The molecule has 0 saturated carbocycles. The smallest absolute Gasteiger partial charge is 0.236 e. The van der Waals surface area contributed by atoms with Crippen molar-refractivity contribution < 1.29 is 9.90 Å². The van der Waals surface area contributed by atoms with Crippen LogP contribution in [0.4, 0.5) is 0 Å². The third-order valence-corrected chi connectivity index (χ3v) is 5.76. The molecule has 3 heterocycles. The molecule has 2 aliphatic rings. The van der Waals surface area contributed by atoms with E-state index < -0.39 is 5.60 Å². The second-order valence-electron chi connectivity index (χ2n) is 8.35. The molecule has 2 saturated heterocycles. The molecule has 6 nitrogen and oxygen atoms in total. The van der Waals surface area contributed by atoms with Crippen LogP contribution < -0.4 is 0 Å². The van der Waals surface area contributed by atoms with Gasteiger partial charge < -0.3 is 14.6 Å². The SMILES string of the molecule is Cc1nccn1CC1(O)CCN(CC(=O)N2CC(C)CC(C)C2)CC1. The number of aryl methyl sites for hydroxylation is 1. The molecule has 3 rings (SSSR count). The third kappa shape index (κ3) is 4.61. The van der Waals surface area contributed by atoms with E-state index in [2.05, 4.69) is 23.7 Å². The van der Waals surface area contributed by atoms with Gasteiger partial charge in [0.15, 0.2) is 0 Å². The van der Waals surface area contributed by atoms with Gasteiger partial charge in [-0.3, -0.25) is 9.69 Å². The number of piperidine rings is 2. The molecule has 2 unspecified atom stereocenters. The normalized spacial score (nSPS) is 27.4. The van der Waals surface area contributed by atoms with E-state index in [0.29, 0.717) is 37.8 Å². The van der Waals surface area contributed by atoms with Crippen LogP contribution in [0.2, 0.25) is 0 Å². The van der Waals surface area contributed by atoms with E-state index in [1.54, 1.807) is 6.20 Å². The number of aromatic nitrogens is 2. The summed E-state index contributed by atoms with van der Waals surface area (Å²) in [5.41, 5.74) is -0.695. The van der Waals surface area contributed by atoms with Crippen LogP contribution >= 0.6 is 0 Å². The number of nitrogens with zero attached hydrogens (tertiary/aromatic N) is 4. The van der Waals surface area contributed by atoms with E-state index in [1.165, 1.54) is 6.42 Å². The molecule has 2 fully saturated rings. The van der Waals surface area contributed by atoms with Gasteiger partial charge in [-0.05, 0) is 38.0 Å². The first-order valence-corrected chi connectivity index (χ1v) is 9.55. The summed E-state index contributed by atoms with van der Waals surface area (Å²) >= 11 is 0. The van der Waals surface area contributed by atoms with E-state index in [9.17, 15) is 9.90 Å². The van der Waals surface area contributed by atoms with E-state index in [-0.39, 0.29) is 5.91 Å². The molecule has 0 radical (unpaired) electrons. The lowest BCUT2D eigenvalue weighted by molar-refractivity contribution is -0.136. The third-order valence-electron chi connectivity index (χ3n) is 5.76. The fourth-order valence-electron chi connectivity index (χ4n) is 4.33. The Morgan fingerprint density at radius 3 is 2.48 bits per heavy atom. The van der Waals surface area contributed by atoms with Crippen molar-refractivity contribution in [1.29, 1.82) is 0 Å². The first-order chi connectivity index (χ1) is 11.8. The molecule has 2 aliphatic heterocycles. The van der Waals surface area contributed by atoms with Crippen molar-refractivity contribution in [2.24, 2.45) is 11.8 Å². The number of aliphatic hydroxyl groups is 1. The number of rotatable bonds is 4. The van der Waals surface area contributed by atoms with Crippen LogP contribution in [0.1, 0.15) is 38.9 Å². The fourth-order valence-corrected chi connectivity index (χ4v) is 4.33. The molecular formula is C19H32N4O2. The molecule has 1 N–H and O–H groups in total. The molecule has 0 spiro atoms. The summed E-state index contributed by atoms with van der Waals surface area (Å²) in [6, 6.07) is 0. The van der Waals surface area contributed by atoms with Crippen molar-refractivity contribution in [3.05, 3.63) is 18.2 Å². The average Bonchev–Trinajstić information content (AvgIpc) is 2.93. The van der Waals surface area contributed by atoms with Crippen molar-refractivity contribution in [2.75, 3.05) is 32.7 Å². The van der Waals surface area contributed by atoms with Crippen molar-refractivity contribution in [3.63, 3.8) is 0 Å². The minimum Gasteiger partial charge on any atom is -0.388 e. The highest BCUT2D eigenvalue weighted by atomic mass is 16.3. The van der Waals surface area contributed by atoms with Crippen molar-refractivity contribution >= 4 is 5.91 Å². The summed E-state index contributed by atoms with van der Waals surface area (Å²) in [5, 5.41) is 10.9. The minimum atomic E-state index is -0.695. The summed E-state index contributed by atoms with van der Waals surface area (Å²) in [6.07, 6.45) is 6.30. The molecule has 1 aromatic heterocycles. The van der Waals surface area contributed by atoms with Crippen LogP contribution in [0.15, 0.2) is 12.4 Å². The first kappa shape index (κ1) is 18.4. The van der Waals surface area contributed by atoms with Gasteiger partial charge in [-0.25, -0.2) is 4.98 Å². The van der Waals surface area contributed by atoms with E-state index in [1.807, 2.05) is 22.6 Å². The Labute approximate surface area is 150 Å². The molecule has 0 aliphatic carbocycles. The number of carbonyl (C=O) groups is 1. The Hall–Kier alpha value is -1.40. The van der Waals surface area contributed by atoms with Gasteiger partial charge in [-0.15, -0.1) is 0 Å². The number of amides is 1. The zero-order valence-corrected chi connectivity index (χ0v) is 15.8. The Bertz CT molecular complexity index is 582. The predicted molar refractivity (Wildman–Crippen MR) is 97.1 cm³/mol. The van der Waals surface area contributed by atoms with Crippen LogP contribution in [0.5, 0.6) is 0 Å². The van der Waals surface area contributed by atoms with Crippen molar-refractivity contribution in [3.8, 4) is 0 Å². The lowest BCUT2D eigenvalue weighted by atomic mass is 9.90. The van der Waals surface area contributed by atoms with Crippen LogP contribution in [0, 0.1) is 18.8 Å². The van der Waals surface area contributed by atoms with Gasteiger partial charge in [-0.1, -0.05) is 13.8 Å². The fraction of sp³-hybridized carbons (Fsp3) is 0.789. The zero-order valence-electron chi connectivity index (χ0n) is 15.8. The second kappa shape index (κ2) is 7.46. The molecule has 6 heteroatoms. The lowest BCUT2D eigenvalue weighted by Gasteiger charge is -2.40. The van der Waals surface area contributed by atoms with E-state index in [4.69, 9.17) is 0 Å². The van der Waals surface area contributed by atoms with Crippen LogP contribution in [-0.2, 0) is 11.3 Å². The number of imidazole rings is 1. The highest BCUT2D eigenvalue weighted by molar-refractivity contribution is 5.78. The molecule has 2 atom stereocenters. The average molecular weight is 348 g/mol. The Morgan fingerprint density at radius 2 is 1.92 bits per heavy atom. The topological polar surface area (TPSA) is 61.6 Å². The maximum Gasteiger partial charge on any atom is 0.236 e. The number of carbonyl (C=O) groups excluding carboxylic acids is 1. The van der Waals surface area contributed by atoms with Gasteiger partial charge in [0.05, 0.1) is 18.7 Å². The number of hydrogen-bond donors (Lipinski definition) is 1. The Morgan fingerprint density at radius 1 is 1.28 bits per heavy atom. The quantitative estimate of drug-likeness (QED) is 0.896. The van der Waals surface area contributed by atoms with Crippen molar-refractivity contribution in [1.82, 2.24) is 19.4 Å². The molecule has 0 aromatic carbocycles. The van der Waals surface area contributed by atoms with Gasteiger partial charge >= 0.3 is 0 Å². The minimum absolute atomic E-state index is 0.245. The molecule has 1 aromatic rings. The molecular weight excluding hydrogens is 316 g/mol. The summed E-state index contributed by atoms with van der Waals surface area (Å²) in [6.45, 7) is 10.8. The Balaban J connectivity index is 1.49. The van der Waals surface area contributed by atoms with E-state index >= 15 is 0 Å². The zero-order chi connectivity index (χ0) is 18.0. The second-order valence-corrected chi connectivity index (χ2v) is 8.35. The standard InChI is InChI=1S/C19H32N4O2/c1-15-10-16(2)12-23(11-15)18(24)13-21-7-4-19(25,5-8-21)14-22-9-6-20-17(22)3/h6,9,15-16,25H,4-5,7-8,10-14H2,1-3H3. The lowest BCUT2D eigenvalue weighted by Crippen LogP contribution is -2.51. The van der Waals surface area contributed by atoms with Crippen molar-refractivity contribution in [2.45, 2.75) is 52.2 Å². The predicted octanol–water partition coefficient (Wildman–Crippen LogP) is 1.52. The molecule has 25 heavy (non-hydrogen) atoms. The van der Waals surface area contributed by atoms with Crippen LogP contribution in [0.3, 0.4) is 0 Å². The van der Waals surface area contributed by atoms with Crippen LogP contribution in [-0.4, -0.2) is 68.7 Å². The van der Waals surface area contributed by atoms with Crippen LogP contribution in [0.25, 0.3) is 0 Å². The maximum atomic E-state index is 12.6. The van der Waals surface area contributed by atoms with Gasteiger partial charge in [-0.2, -0.15) is 0 Å². The largest absolute Gasteiger partial charge is 0.388 e. The Kier molecular flexibility index (Phi) is 5.49. The summed E-state index contributed by atoms with van der Waals surface area (Å²) in [5.74, 6) is 2.36. The van der Waals surface area contributed by atoms with Gasteiger partial charge in [0.25, 0.3) is 0 Å². The number of likely N-dealkylation sites (tertiary alicyclic amines) is 2. The van der Waals surface area contributed by atoms with Gasteiger partial charge in [0, 0.05) is 38.6 Å². The monoisotopic (exact) mass is 348 g/mol. The van der Waals surface area contributed by atoms with Gasteiger partial charge in [0.2, 0.25) is 5.91 Å². The maximum absolute atomic E-state index is 12.6. The highest BCUT2D eigenvalue weighted by Crippen LogP contribution is 2.25. The molecule has 0 bridgehead atoms. The van der Waals surface area contributed by atoms with E-state index in [0.717, 1.165) is 32.0 Å². The molecule has 140 valence electrons.